The highest BCUT2D eigenvalue weighted by Crippen LogP contribution is 2.24. The minimum absolute atomic E-state index is 0.0535. The summed E-state index contributed by atoms with van der Waals surface area (Å²) in [5, 5.41) is 20.7. The molecule has 0 fully saturated rings. The molecule has 0 saturated heterocycles. The van der Waals surface area contributed by atoms with E-state index >= 15 is 0 Å². The number of aromatic nitrogens is 4. The molecule has 0 aliphatic carbocycles. The van der Waals surface area contributed by atoms with E-state index in [-0.39, 0.29) is 6.42 Å². The summed E-state index contributed by atoms with van der Waals surface area (Å²) in [4.78, 5) is 10.8. The molecule has 1 unspecified atom stereocenters. The molecule has 0 spiro atoms. The second kappa shape index (κ2) is 8.63. The SMILES string of the molecule is CCCC(CCC)c1nnnn1CC(CC(=O)O)OC. The molecule has 7 heteroatoms. The summed E-state index contributed by atoms with van der Waals surface area (Å²) in [6.07, 6.45) is 3.73. The monoisotopic (exact) mass is 284 g/mol. The number of hydrogen-bond acceptors (Lipinski definition) is 5. The maximum absolute atomic E-state index is 10.8. The van der Waals surface area contributed by atoms with Crippen LogP contribution in [0.15, 0.2) is 0 Å². The summed E-state index contributed by atoms with van der Waals surface area (Å²) in [6, 6.07) is 0. The Balaban J connectivity index is 2.80. The van der Waals surface area contributed by atoms with Gasteiger partial charge in [-0.1, -0.05) is 26.7 Å². The molecular formula is C13H24N4O3. The molecule has 1 heterocycles. The summed E-state index contributed by atoms with van der Waals surface area (Å²) < 4.78 is 6.88. The van der Waals surface area contributed by atoms with Crippen LogP contribution in [-0.2, 0) is 16.1 Å². The lowest BCUT2D eigenvalue weighted by molar-refractivity contribution is -0.140. The van der Waals surface area contributed by atoms with E-state index in [0.29, 0.717) is 12.5 Å². The lowest BCUT2D eigenvalue weighted by Crippen LogP contribution is -2.25. The molecule has 0 aromatic carbocycles. The zero-order valence-corrected chi connectivity index (χ0v) is 12.4. The Morgan fingerprint density at radius 2 is 2.00 bits per heavy atom. The minimum atomic E-state index is -0.884. The number of hydrogen-bond donors (Lipinski definition) is 1. The number of rotatable bonds is 10. The quantitative estimate of drug-likeness (QED) is 0.705. The molecule has 0 saturated carbocycles. The minimum Gasteiger partial charge on any atom is -0.481 e. The van der Waals surface area contributed by atoms with Crippen LogP contribution in [0.25, 0.3) is 0 Å². The fourth-order valence-corrected chi connectivity index (χ4v) is 2.34. The van der Waals surface area contributed by atoms with Crippen molar-refractivity contribution in [2.75, 3.05) is 7.11 Å². The molecule has 114 valence electrons. The van der Waals surface area contributed by atoms with Gasteiger partial charge in [0.2, 0.25) is 0 Å². The highest BCUT2D eigenvalue weighted by molar-refractivity contribution is 5.67. The van der Waals surface area contributed by atoms with Gasteiger partial charge in [0, 0.05) is 13.0 Å². The van der Waals surface area contributed by atoms with Crippen molar-refractivity contribution in [3.63, 3.8) is 0 Å². The van der Waals surface area contributed by atoms with Crippen molar-refractivity contribution in [3.8, 4) is 0 Å². The summed E-state index contributed by atoms with van der Waals surface area (Å²) >= 11 is 0. The van der Waals surface area contributed by atoms with Crippen molar-refractivity contribution >= 4 is 5.97 Å². The standard InChI is InChI=1S/C13H24N4O3/c1-4-6-10(7-5-2)13-14-15-16-17(13)9-11(20-3)8-12(18)19/h10-11H,4-9H2,1-3H3,(H,18,19). The molecule has 20 heavy (non-hydrogen) atoms. The number of carbonyl (C=O) groups is 1. The third-order valence-corrected chi connectivity index (χ3v) is 3.31. The molecule has 1 rings (SSSR count). The van der Waals surface area contributed by atoms with Crippen LogP contribution in [0.5, 0.6) is 0 Å². The van der Waals surface area contributed by atoms with Gasteiger partial charge in [0.05, 0.1) is 19.1 Å². The molecule has 0 bridgehead atoms. The van der Waals surface area contributed by atoms with Crippen LogP contribution in [0.3, 0.4) is 0 Å². The number of nitrogens with zero attached hydrogens (tertiary/aromatic N) is 4. The third-order valence-electron chi connectivity index (χ3n) is 3.31. The van der Waals surface area contributed by atoms with E-state index in [1.54, 1.807) is 4.68 Å². The van der Waals surface area contributed by atoms with Crippen LogP contribution in [0.4, 0.5) is 0 Å². The highest BCUT2D eigenvalue weighted by Gasteiger charge is 2.21. The van der Waals surface area contributed by atoms with E-state index < -0.39 is 12.1 Å². The van der Waals surface area contributed by atoms with Crippen molar-refractivity contribution in [3.05, 3.63) is 5.82 Å². The lowest BCUT2D eigenvalue weighted by Gasteiger charge is -2.17. The first kappa shape index (κ1) is 16.6. The average Bonchev–Trinajstić information content (AvgIpc) is 2.85. The first-order valence-electron chi connectivity index (χ1n) is 7.12. The zero-order chi connectivity index (χ0) is 15.0. The molecule has 1 atom stereocenters. The van der Waals surface area contributed by atoms with Crippen molar-refractivity contribution < 1.29 is 14.6 Å². The van der Waals surface area contributed by atoms with Crippen LogP contribution < -0.4 is 0 Å². The molecule has 7 nitrogen and oxygen atoms in total. The fraction of sp³-hybridized carbons (Fsp3) is 0.846. The lowest BCUT2D eigenvalue weighted by atomic mass is 9.97. The van der Waals surface area contributed by atoms with Gasteiger partial charge >= 0.3 is 5.97 Å². The first-order chi connectivity index (χ1) is 9.62. The highest BCUT2D eigenvalue weighted by atomic mass is 16.5. The number of carboxylic acid groups (broad SMARTS) is 1. The maximum Gasteiger partial charge on any atom is 0.306 e. The molecule has 1 aromatic rings. The van der Waals surface area contributed by atoms with Crippen LogP contribution >= 0.6 is 0 Å². The predicted molar refractivity (Wildman–Crippen MR) is 73.4 cm³/mol. The average molecular weight is 284 g/mol. The number of carboxylic acids is 1. The van der Waals surface area contributed by atoms with E-state index in [0.717, 1.165) is 31.5 Å². The molecule has 0 amide bonds. The van der Waals surface area contributed by atoms with Gasteiger partial charge in [0.15, 0.2) is 5.82 Å². The topological polar surface area (TPSA) is 90.1 Å². The van der Waals surface area contributed by atoms with Crippen molar-refractivity contribution in [2.45, 2.75) is 64.5 Å². The van der Waals surface area contributed by atoms with Crippen LogP contribution in [0, 0.1) is 0 Å². The van der Waals surface area contributed by atoms with Gasteiger partial charge in [-0.2, -0.15) is 0 Å². The molecule has 1 N–H and O–H groups in total. The number of ether oxygens (including phenoxy) is 1. The Labute approximate surface area is 119 Å². The smallest absolute Gasteiger partial charge is 0.306 e. The Morgan fingerprint density at radius 1 is 1.35 bits per heavy atom. The second-order valence-corrected chi connectivity index (χ2v) is 4.95. The Morgan fingerprint density at radius 3 is 2.50 bits per heavy atom. The molecular weight excluding hydrogens is 260 g/mol. The summed E-state index contributed by atoms with van der Waals surface area (Å²) in [5.74, 6) is 0.272. The van der Waals surface area contributed by atoms with Gasteiger partial charge in [-0.3, -0.25) is 4.79 Å². The van der Waals surface area contributed by atoms with Gasteiger partial charge in [0.25, 0.3) is 0 Å². The molecule has 0 aliphatic rings. The largest absolute Gasteiger partial charge is 0.481 e. The van der Waals surface area contributed by atoms with E-state index in [1.165, 1.54) is 7.11 Å². The van der Waals surface area contributed by atoms with E-state index in [4.69, 9.17) is 9.84 Å². The summed E-state index contributed by atoms with van der Waals surface area (Å²) in [6.45, 7) is 4.65. The number of aliphatic carboxylic acids is 1. The Bertz CT molecular complexity index is 402. The fourth-order valence-electron chi connectivity index (χ4n) is 2.34. The van der Waals surface area contributed by atoms with E-state index in [1.807, 2.05) is 0 Å². The van der Waals surface area contributed by atoms with E-state index in [9.17, 15) is 4.79 Å². The number of methoxy groups -OCH3 is 1. The second-order valence-electron chi connectivity index (χ2n) is 4.95. The summed E-state index contributed by atoms with van der Waals surface area (Å²) in [5.41, 5.74) is 0. The normalized spacial score (nSPS) is 12.8. The van der Waals surface area contributed by atoms with Gasteiger partial charge in [-0.15, -0.1) is 5.10 Å². The van der Waals surface area contributed by atoms with Gasteiger partial charge in [-0.05, 0) is 23.3 Å². The Kier molecular flexibility index (Phi) is 7.14. The summed E-state index contributed by atoms with van der Waals surface area (Å²) in [7, 11) is 1.51. The van der Waals surface area contributed by atoms with Crippen LogP contribution in [-0.4, -0.2) is 44.5 Å². The molecule has 0 aliphatic heterocycles. The first-order valence-corrected chi connectivity index (χ1v) is 7.12. The third kappa shape index (κ3) is 4.88. The zero-order valence-electron chi connectivity index (χ0n) is 12.4. The number of tetrazole rings is 1. The molecule has 1 aromatic heterocycles. The van der Waals surface area contributed by atoms with Gasteiger partial charge in [0.1, 0.15) is 0 Å². The van der Waals surface area contributed by atoms with Crippen molar-refractivity contribution in [2.24, 2.45) is 0 Å². The van der Waals surface area contributed by atoms with Crippen molar-refractivity contribution in [1.29, 1.82) is 0 Å². The molecule has 0 radical (unpaired) electrons. The Hall–Kier alpha value is -1.50. The van der Waals surface area contributed by atoms with E-state index in [2.05, 4.69) is 29.4 Å². The predicted octanol–water partition coefficient (Wildman–Crippen LogP) is 1.85. The van der Waals surface area contributed by atoms with Crippen LogP contribution in [0.2, 0.25) is 0 Å². The maximum atomic E-state index is 10.8. The van der Waals surface area contributed by atoms with Crippen molar-refractivity contribution in [1.82, 2.24) is 20.2 Å². The van der Waals surface area contributed by atoms with Gasteiger partial charge < -0.3 is 9.84 Å². The van der Waals surface area contributed by atoms with Gasteiger partial charge in [-0.25, -0.2) is 4.68 Å². The van der Waals surface area contributed by atoms with Crippen LogP contribution in [0.1, 0.15) is 57.7 Å².